The Morgan fingerprint density at radius 1 is 0.923 bits per heavy atom. The van der Waals surface area contributed by atoms with Gasteiger partial charge in [-0.3, -0.25) is 4.79 Å². The third-order valence-electron chi connectivity index (χ3n) is 8.79. The molecular weight excluding hydrogens is 328 g/mol. The van der Waals surface area contributed by atoms with Gasteiger partial charge in [0.15, 0.2) is 5.79 Å². The van der Waals surface area contributed by atoms with Crippen LogP contribution >= 0.6 is 0 Å². The largest absolute Gasteiger partial charge is 0.457 e. The molecule has 26 heavy (non-hydrogen) atoms. The summed E-state index contributed by atoms with van der Waals surface area (Å²) < 4.78 is 18.4. The topological polar surface area (TPSA) is 44.8 Å². The van der Waals surface area contributed by atoms with Crippen LogP contribution in [0.25, 0.3) is 0 Å². The molecule has 6 rings (SSSR count). The highest BCUT2D eigenvalue weighted by molar-refractivity contribution is 5.85. The summed E-state index contributed by atoms with van der Waals surface area (Å²) in [5, 5.41) is 0. The van der Waals surface area contributed by atoms with Crippen LogP contribution in [0.4, 0.5) is 0 Å². The predicted molar refractivity (Wildman–Crippen MR) is 95.1 cm³/mol. The minimum atomic E-state index is -0.432. The first-order chi connectivity index (χ1) is 12.4. The van der Waals surface area contributed by atoms with E-state index in [1.54, 1.807) is 0 Å². The van der Waals surface area contributed by atoms with Crippen LogP contribution in [0.1, 0.15) is 58.8 Å². The second-order valence-electron chi connectivity index (χ2n) is 10.8. The van der Waals surface area contributed by atoms with Crippen molar-refractivity contribution in [3.05, 3.63) is 12.2 Å². The van der Waals surface area contributed by atoms with Crippen molar-refractivity contribution in [3.63, 3.8) is 0 Å². The van der Waals surface area contributed by atoms with E-state index in [0.717, 1.165) is 63.6 Å². The molecule has 0 amide bonds. The van der Waals surface area contributed by atoms with Crippen molar-refractivity contribution < 1.29 is 19.0 Å². The van der Waals surface area contributed by atoms with E-state index in [9.17, 15) is 4.79 Å². The van der Waals surface area contributed by atoms with Gasteiger partial charge in [0, 0.05) is 18.3 Å². The van der Waals surface area contributed by atoms with Crippen LogP contribution in [0.3, 0.4) is 0 Å². The predicted octanol–water partition coefficient (Wildman–Crippen LogP) is 3.84. The fourth-order valence-corrected chi connectivity index (χ4v) is 7.21. The van der Waals surface area contributed by atoms with Crippen LogP contribution < -0.4 is 0 Å². The molecule has 2 saturated heterocycles. The monoisotopic (exact) mass is 358 g/mol. The van der Waals surface area contributed by atoms with Gasteiger partial charge in [0.25, 0.3) is 0 Å². The number of carbonyl (C=O) groups excluding carboxylic acids is 1. The first-order valence-corrected chi connectivity index (χ1v) is 10.6. The molecule has 3 saturated carbocycles. The maximum absolute atomic E-state index is 12.7. The van der Waals surface area contributed by atoms with E-state index in [1.165, 1.54) is 6.42 Å². The van der Waals surface area contributed by atoms with Crippen LogP contribution in [0.15, 0.2) is 12.2 Å². The zero-order valence-electron chi connectivity index (χ0n) is 16.0. The molecule has 4 heteroatoms. The SMILES string of the molecule is CC1(C)COC2(CCC3(CC2)OC(=O)C32C[C@@H]3[C@H](C2)[C@H]2C=C[C@@H]3C2)OC1. The molecule has 5 atom stereocenters. The molecule has 0 aromatic heterocycles. The lowest BCUT2D eigenvalue weighted by atomic mass is 9.58. The summed E-state index contributed by atoms with van der Waals surface area (Å²) in [7, 11) is 0. The number of allylic oxidation sites excluding steroid dienone is 2. The lowest BCUT2D eigenvalue weighted by molar-refractivity contribution is -0.335. The van der Waals surface area contributed by atoms with E-state index >= 15 is 0 Å². The number of ether oxygens (including phenoxy) is 3. The zero-order valence-corrected chi connectivity index (χ0v) is 16.0. The molecule has 6 aliphatic rings. The molecule has 0 aromatic rings. The van der Waals surface area contributed by atoms with Crippen molar-refractivity contribution in [2.24, 2.45) is 34.5 Å². The van der Waals surface area contributed by atoms with Gasteiger partial charge < -0.3 is 14.2 Å². The average molecular weight is 358 g/mol. The van der Waals surface area contributed by atoms with Crippen molar-refractivity contribution in [2.75, 3.05) is 13.2 Å². The maximum Gasteiger partial charge on any atom is 0.316 e. The third kappa shape index (κ3) is 1.86. The van der Waals surface area contributed by atoms with Gasteiger partial charge in [-0.15, -0.1) is 0 Å². The van der Waals surface area contributed by atoms with Gasteiger partial charge in [0.1, 0.15) is 11.0 Å². The zero-order chi connectivity index (χ0) is 17.8. The van der Waals surface area contributed by atoms with Crippen molar-refractivity contribution in [3.8, 4) is 0 Å². The molecule has 1 unspecified atom stereocenters. The Hall–Kier alpha value is -0.870. The van der Waals surface area contributed by atoms with Gasteiger partial charge >= 0.3 is 5.97 Å². The van der Waals surface area contributed by atoms with Gasteiger partial charge in [0.05, 0.1) is 13.2 Å². The molecule has 2 bridgehead atoms. The highest BCUT2D eigenvalue weighted by Crippen LogP contribution is 2.70. The molecule has 2 aliphatic heterocycles. The van der Waals surface area contributed by atoms with E-state index in [2.05, 4.69) is 26.0 Å². The molecule has 3 spiro atoms. The van der Waals surface area contributed by atoms with Crippen molar-refractivity contribution in [1.82, 2.24) is 0 Å². The quantitative estimate of drug-likeness (QED) is 0.487. The smallest absolute Gasteiger partial charge is 0.316 e. The standard InChI is InChI=1S/C22H30O4/c1-19(2)12-24-22(25-13-19)7-5-21(6-8-22)20(18(23)26-21)10-16-14-3-4-15(9-14)17(16)11-20/h3-4,14-17H,5-13H2,1-2H3/t14-,15+,16+,17-,20?. The molecule has 2 heterocycles. The Bertz CT molecular complexity index is 652. The number of hydrogen-bond donors (Lipinski definition) is 0. The highest BCUT2D eigenvalue weighted by Gasteiger charge is 2.75. The Morgan fingerprint density at radius 3 is 2.04 bits per heavy atom. The van der Waals surface area contributed by atoms with Crippen LogP contribution in [0, 0.1) is 34.5 Å². The van der Waals surface area contributed by atoms with Gasteiger partial charge in [-0.05, 0) is 55.8 Å². The summed E-state index contributed by atoms with van der Waals surface area (Å²) in [6.07, 6.45) is 11.8. The summed E-state index contributed by atoms with van der Waals surface area (Å²) in [4.78, 5) is 12.7. The molecule has 0 radical (unpaired) electrons. The second-order valence-corrected chi connectivity index (χ2v) is 10.8. The van der Waals surface area contributed by atoms with E-state index in [-0.39, 0.29) is 22.4 Å². The fraction of sp³-hybridized carbons (Fsp3) is 0.864. The first kappa shape index (κ1) is 16.1. The normalized spacial score (nSPS) is 48.8. The van der Waals surface area contributed by atoms with E-state index in [1.807, 2.05) is 0 Å². The van der Waals surface area contributed by atoms with Crippen molar-refractivity contribution >= 4 is 5.97 Å². The van der Waals surface area contributed by atoms with Gasteiger partial charge in [-0.1, -0.05) is 26.0 Å². The lowest BCUT2D eigenvalue weighted by Gasteiger charge is -2.60. The number of rotatable bonds is 0. The minimum absolute atomic E-state index is 0.0915. The highest BCUT2D eigenvalue weighted by atomic mass is 16.7. The van der Waals surface area contributed by atoms with Gasteiger partial charge in [0.2, 0.25) is 0 Å². The Kier molecular flexibility index (Phi) is 2.94. The minimum Gasteiger partial charge on any atom is -0.457 e. The van der Waals surface area contributed by atoms with Crippen molar-refractivity contribution in [2.45, 2.75) is 70.2 Å². The molecule has 5 fully saturated rings. The molecular formula is C22H30O4. The van der Waals surface area contributed by atoms with Crippen LogP contribution in [-0.2, 0) is 19.0 Å². The Labute approximate surface area is 155 Å². The third-order valence-corrected chi connectivity index (χ3v) is 8.79. The molecule has 4 nitrogen and oxygen atoms in total. The number of esters is 1. The van der Waals surface area contributed by atoms with Crippen molar-refractivity contribution in [1.29, 1.82) is 0 Å². The molecule has 0 N–H and O–H groups in total. The van der Waals surface area contributed by atoms with E-state index < -0.39 is 5.79 Å². The van der Waals surface area contributed by atoms with Crippen LogP contribution in [0.2, 0.25) is 0 Å². The molecule has 4 aliphatic carbocycles. The first-order valence-electron chi connectivity index (χ1n) is 10.6. The lowest BCUT2D eigenvalue weighted by Crippen LogP contribution is -2.69. The van der Waals surface area contributed by atoms with Gasteiger partial charge in [-0.25, -0.2) is 0 Å². The Morgan fingerprint density at radius 2 is 1.50 bits per heavy atom. The van der Waals surface area contributed by atoms with Crippen LogP contribution in [-0.4, -0.2) is 30.6 Å². The van der Waals surface area contributed by atoms with Crippen LogP contribution in [0.5, 0.6) is 0 Å². The number of hydrogen-bond acceptors (Lipinski definition) is 4. The van der Waals surface area contributed by atoms with Gasteiger partial charge in [-0.2, -0.15) is 0 Å². The second kappa shape index (κ2) is 4.75. The summed E-state index contributed by atoms with van der Waals surface area (Å²) in [5.41, 5.74) is -0.348. The fourth-order valence-electron chi connectivity index (χ4n) is 7.21. The maximum atomic E-state index is 12.7. The number of carbonyl (C=O) groups is 1. The average Bonchev–Trinajstić information content (AvgIpc) is 3.32. The van der Waals surface area contributed by atoms with E-state index in [0.29, 0.717) is 11.8 Å². The number of fused-ring (bicyclic) bond motifs is 6. The molecule has 142 valence electrons. The summed E-state index contributed by atoms with van der Waals surface area (Å²) in [6, 6.07) is 0. The molecule has 0 aromatic carbocycles. The summed E-state index contributed by atoms with van der Waals surface area (Å²) >= 11 is 0. The summed E-state index contributed by atoms with van der Waals surface area (Å²) in [6.45, 7) is 5.88. The van der Waals surface area contributed by atoms with E-state index in [4.69, 9.17) is 14.2 Å². The Balaban J connectivity index is 1.21. The summed E-state index contributed by atoms with van der Waals surface area (Å²) in [5.74, 6) is 2.53.